The Kier molecular flexibility index (Phi) is 6.56. The molecule has 0 saturated carbocycles. The zero-order valence-electron chi connectivity index (χ0n) is 12.6. The lowest BCUT2D eigenvalue weighted by Crippen LogP contribution is -2.08. The van der Waals surface area contributed by atoms with Crippen molar-refractivity contribution < 1.29 is 14.3 Å². The van der Waals surface area contributed by atoms with Crippen LogP contribution in [0.15, 0.2) is 23.4 Å². The fourth-order valence-corrected chi connectivity index (χ4v) is 2.85. The molecule has 0 atom stereocenters. The van der Waals surface area contributed by atoms with Crippen molar-refractivity contribution in [3.63, 3.8) is 0 Å². The highest BCUT2D eigenvalue weighted by Gasteiger charge is 2.13. The number of thioether (sulfide) groups is 1. The van der Waals surface area contributed by atoms with Gasteiger partial charge < -0.3 is 14.0 Å². The van der Waals surface area contributed by atoms with Crippen molar-refractivity contribution in [3.8, 4) is 5.75 Å². The summed E-state index contributed by atoms with van der Waals surface area (Å²) < 4.78 is 12.3. The molecule has 23 heavy (non-hydrogen) atoms. The van der Waals surface area contributed by atoms with Gasteiger partial charge in [0.05, 0.1) is 17.4 Å². The fourth-order valence-electron chi connectivity index (χ4n) is 1.66. The van der Waals surface area contributed by atoms with Crippen molar-refractivity contribution in [2.24, 2.45) is 7.05 Å². The molecule has 2 rings (SSSR count). The number of nitrogens with zero attached hydrogens (tertiary/aromatic N) is 3. The summed E-state index contributed by atoms with van der Waals surface area (Å²) in [7, 11) is 1.80. The van der Waals surface area contributed by atoms with Gasteiger partial charge in [-0.25, -0.2) is 0 Å². The van der Waals surface area contributed by atoms with Gasteiger partial charge in [0.25, 0.3) is 0 Å². The zero-order chi connectivity index (χ0) is 16.8. The first-order chi connectivity index (χ1) is 11.0. The van der Waals surface area contributed by atoms with Crippen molar-refractivity contribution in [2.75, 3.05) is 12.4 Å². The number of halogens is 2. The van der Waals surface area contributed by atoms with Gasteiger partial charge >= 0.3 is 5.97 Å². The summed E-state index contributed by atoms with van der Waals surface area (Å²) in [5, 5.41) is 9.66. The Morgan fingerprint density at radius 2 is 2.13 bits per heavy atom. The molecule has 0 fully saturated rings. The van der Waals surface area contributed by atoms with Crippen LogP contribution in [0.1, 0.15) is 12.7 Å². The van der Waals surface area contributed by atoms with E-state index in [0.29, 0.717) is 33.4 Å². The maximum absolute atomic E-state index is 11.4. The molecule has 2 aromatic rings. The number of hydrogen-bond acceptors (Lipinski definition) is 6. The molecular weight excluding hydrogens is 361 g/mol. The standard InChI is InChI=1S/C14H15Cl2N3O3S/c1-3-21-13(20)8-23-14-18-17-12(19(14)2)7-22-11-5-4-9(15)6-10(11)16/h4-6H,3,7-8H2,1-2H3. The minimum Gasteiger partial charge on any atom is -0.484 e. The lowest BCUT2D eigenvalue weighted by molar-refractivity contribution is -0.139. The largest absolute Gasteiger partial charge is 0.484 e. The number of aromatic nitrogens is 3. The van der Waals surface area contributed by atoms with Crippen molar-refractivity contribution in [2.45, 2.75) is 18.7 Å². The molecule has 0 spiro atoms. The topological polar surface area (TPSA) is 66.2 Å². The number of rotatable bonds is 7. The van der Waals surface area contributed by atoms with Crippen LogP contribution in [0.2, 0.25) is 10.0 Å². The van der Waals surface area contributed by atoms with Crippen molar-refractivity contribution in [1.29, 1.82) is 0 Å². The van der Waals surface area contributed by atoms with Gasteiger partial charge in [-0.3, -0.25) is 4.79 Å². The molecule has 0 amide bonds. The maximum Gasteiger partial charge on any atom is 0.316 e. The maximum atomic E-state index is 11.4. The van der Waals surface area contributed by atoms with E-state index < -0.39 is 0 Å². The normalized spacial score (nSPS) is 10.6. The molecule has 1 aromatic carbocycles. The molecule has 124 valence electrons. The number of ether oxygens (including phenoxy) is 2. The average molecular weight is 376 g/mol. The molecule has 0 bridgehead atoms. The van der Waals surface area contributed by atoms with Crippen LogP contribution in [-0.4, -0.2) is 33.1 Å². The average Bonchev–Trinajstić information content (AvgIpc) is 2.85. The summed E-state index contributed by atoms with van der Waals surface area (Å²) in [6.45, 7) is 2.33. The van der Waals surface area contributed by atoms with Crippen LogP contribution in [0.3, 0.4) is 0 Å². The smallest absolute Gasteiger partial charge is 0.316 e. The van der Waals surface area contributed by atoms with Crippen LogP contribution in [0.25, 0.3) is 0 Å². The molecule has 6 nitrogen and oxygen atoms in total. The van der Waals surface area contributed by atoms with Crippen LogP contribution >= 0.6 is 35.0 Å². The van der Waals surface area contributed by atoms with E-state index in [9.17, 15) is 4.79 Å². The number of esters is 1. The molecule has 0 unspecified atom stereocenters. The number of hydrogen-bond donors (Lipinski definition) is 0. The zero-order valence-corrected chi connectivity index (χ0v) is 14.9. The van der Waals surface area contributed by atoms with E-state index in [1.54, 1.807) is 36.7 Å². The highest BCUT2D eigenvalue weighted by Crippen LogP contribution is 2.28. The van der Waals surface area contributed by atoms with E-state index >= 15 is 0 Å². The van der Waals surface area contributed by atoms with Gasteiger partial charge in [-0.05, 0) is 25.1 Å². The first-order valence-electron chi connectivity index (χ1n) is 6.75. The Hall–Kier alpha value is -1.44. The molecule has 0 N–H and O–H groups in total. The predicted octanol–water partition coefficient (Wildman–Crippen LogP) is 3.36. The summed E-state index contributed by atoms with van der Waals surface area (Å²) in [6, 6.07) is 4.99. The van der Waals surface area contributed by atoms with Gasteiger partial charge in [-0.2, -0.15) is 0 Å². The third kappa shape index (κ3) is 5.02. The molecule has 0 aliphatic rings. The summed E-state index contributed by atoms with van der Waals surface area (Å²) in [4.78, 5) is 11.4. The van der Waals surface area contributed by atoms with E-state index in [1.165, 1.54) is 11.8 Å². The van der Waals surface area contributed by atoms with E-state index in [1.807, 2.05) is 0 Å². The van der Waals surface area contributed by atoms with Crippen molar-refractivity contribution in [3.05, 3.63) is 34.1 Å². The first kappa shape index (κ1) is 17.9. The second kappa shape index (κ2) is 8.42. The van der Waals surface area contributed by atoms with E-state index in [2.05, 4.69) is 10.2 Å². The van der Waals surface area contributed by atoms with E-state index in [-0.39, 0.29) is 18.3 Å². The molecule has 1 aromatic heterocycles. The van der Waals surface area contributed by atoms with Crippen LogP contribution in [-0.2, 0) is 23.2 Å². The van der Waals surface area contributed by atoms with Crippen molar-refractivity contribution >= 4 is 40.9 Å². The van der Waals surface area contributed by atoms with Crippen LogP contribution in [0.5, 0.6) is 5.75 Å². The van der Waals surface area contributed by atoms with Crippen LogP contribution in [0.4, 0.5) is 0 Å². The second-order valence-electron chi connectivity index (χ2n) is 4.41. The quantitative estimate of drug-likeness (QED) is 0.545. The molecule has 0 aliphatic carbocycles. The van der Waals surface area contributed by atoms with E-state index in [4.69, 9.17) is 32.7 Å². The van der Waals surface area contributed by atoms with Gasteiger partial charge in [-0.15, -0.1) is 10.2 Å². The Bertz CT molecular complexity index is 694. The molecule has 0 saturated heterocycles. The Balaban J connectivity index is 1.95. The highest BCUT2D eigenvalue weighted by molar-refractivity contribution is 7.99. The third-order valence-corrected chi connectivity index (χ3v) is 4.32. The Labute approximate surface area is 148 Å². The summed E-state index contributed by atoms with van der Waals surface area (Å²) >= 11 is 13.1. The first-order valence-corrected chi connectivity index (χ1v) is 8.50. The van der Waals surface area contributed by atoms with Gasteiger partial charge in [0, 0.05) is 12.1 Å². The SMILES string of the molecule is CCOC(=O)CSc1nnc(COc2ccc(Cl)cc2Cl)n1C. The summed E-state index contributed by atoms with van der Waals surface area (Å²) in [6.07, 6.45) is 0. The van der Waals surface area contributed by atoms with Gasteiger partial charge in [0.1, 0.15) is 12.4 Å². The monoisotopic (exact) mass is 375 g/mol. The molecule has 9 heteroatoms. The summed E-state index contributed by atoms with van der Waals surface area (Å²) in [5.74, 6) is 1.03. The van der Waals surface area contributed by atoms with E-state index in [0.717, 1.165) is 0 Å². The van der Waals surface area contributed by atoms with Crippen LogP contribution in [0, 0.1) is 0 Å². The number of carbonyl (C=O) groups is 1. The molecule has 1 heterocycles. The molecule has 0 aliphatic heterocycles. The lowest BCUT2D eigenvalue weighted by atomic mass is 10.3. The third-order valence-electron chi connectivity index (χ3n) is 2.80. The Morgan fingerprint density at radius 1 is 1.35 bits per heavy atom. The minimum absolute atomic E-state index is 0.184. The summed E-state index contributed by atoms with van der Waals surface area (Å²) in [5.41, 5.74) is 0. The molecule has 0 radical (unpaired) electrons. The van der Waals surface area contributed by atoms with Gasteiger partial charge in [0.2, 0.25) is 0 Å². The molecular formula is C14H15Cl2N3O3S. The van der Waals surface area contributed by atoms with Crippen LogP contribution < -0.4 is 4.74 Å². The highest BCUT2D eigenvalue weighted by atomic mass is 35.5. The Morgan fingerprint density at radius 3 is 2.83 bits per heavy atom. The van der Waals surface area contributed by atoms with Gasteiger partial charge in [0.15, 0.2) is 11.0 Å². The minimum atomic E-state index is -0.286. The van der Waals surface area contributed by atoms with Crippen molar-refractivity contribution in [1.82, 2.24) is 14.8 Å². The van der Waals surface area contributed by atoms with Gasteiger partial charge in [-0.1, -0.05) is 35.0 Å². The predicted molar refractivity (Wildman–Crippen MR) is 89.2 cm³/mol. The number of benzene rings is 1. The second-order valence-corrected chi connectivity index (χ2v) is 6.20. The number of carbonyl (C=O) groups excluding carboxylic acids is 1. The lowest BCUT2D eigenvalue weighted by Gasteiger charge is -2.08. The fraction of sp³-hybridized carbons (Fsp3) is 0.357.